The average molecular weight is 1060 g/mol. The topological polar surface area (TPSA) is 212 Å². The largest absolute Gasteiger partial charge is 0.467 e. The number of aliphatic imine (C=N–C) groups is 3. The van der Waals surface area contributed by atoms with Gasteiger partial charge < -0.3 is 35.2 Å². The van der Waals surface area contributed by atoms with Crippen molar-refractivity contribution >= 4 is 75.5 Å². The Bertz CT molecular complexity index is 3020. The number of ether oxygens (including phenoxy) is 1. The van der Waals surface area contributed by atoms with Crippen molar-refractivity contribution in [3.63, 3.8) is 0 Å². The first-order chi connectivity index (χ1) is 35.3. The molecule has 0 aliphatic carbocycles. The lowest BCUT2D eigenvalue weighted by atomic mass is 9.85. The lowest BCUT2D eigenvalue weighted by Crippen LogP contribution is -2.58. The Labute approximate surface area is 444 Å². The van der Waals surface area contributed by atoms with Gasteiger partial charge in [0.2, 0.25) is 29.6 Å². The number of aliphatic hydroxyl groups is 1. The average Bonchev–Trinajstić information content (AvgIpc) is 4.15. The molecule has 3 aliphatic heterocycles. The van der Waals surface area contributed by atoms with Crippen LogP contribution in [0.25, 0.3) is 15.4 Å². The fourth-order valence-electron chi connectivity index (χ4n) is 9.44. The molecular weight excluding hydrogens is 1000 g/mol. The molecule has 21 heteroatoms. The predicted octanol–water partition coefficient (Wildman–Crippen LogP) is 6.72. The molecule has 74 heavy (non-hydrogen) atoms. The van der Waals surface area contributed by atoms with Crippen LogP contribution in [0.15, 0.2) is 81.7 Å². The molecule has 2 aromatic carbocycles. The maximum absolute atomic E-state index is 14.3. The van der Waals surface area contributed by atoms with Crippen LogP contribution >= 0.6 is 34.3 Å². The number of guanidine groups is 1. The van der Waals surface area contributed by atoms with E-state index < -0.39 is 54.0 Å². The SMILES string of the molecule is C=C/C(=N\C(=N/C)N1CCN(C(=O)C[C@@H]2N=C(c3ccc(Cl)cc3)c3c(sc(C)c3C)-n3c(C)nnc32)CC1)OCC(=O)N[C@H](C(=O)N1C[C@H](O)C[C@H]1C(=O)N[C@@H](C)c1ccc(-c2scnc2C)cc1)C(C)(C)C. The molecule has 6 heterocycles. The monoisotopic (exact) mass is 1060 g/mol. The number of nitrogens with zero attached hydrogens (tertiary/aromatic N) is 10. The number of halogens is 1. The van der Waals surface area contributed by atoms with E-state index in [4.69, 9.17) is 21.3 Å². The second-order valence-corrected chi connectivity index (χ2v) is 22.3. The number of hydrogen-bond acceptors (Lipinski definition) is 13. The minimum atomic E-state index is -1.07. The van der Waals surface area contributed by atoms with Crippen molar-refractivity contribution < 1.29 is 29.0 Å². The highest BCUT2D eigenvalue weighted by molar-refractivity contribution is 7.15. The van der Waals surface area contributed by atoms with Gasteiger partial charge in [-0.1, -0.05) is 75.3 Å². The summed E-state index contributed by atoms with van der Waals surface area (Å²) in [6.45, 7) is 20.2. The number of thiophene rings is 1. The van der Waals surface area contributed by atoms with Gasteiger partial charge in [-0.05, 0) is 74.9 Å². The fourth-order valence-corrected chi connectivity index (χ4v) is 11.6. The summed E-state index contributed by atoms with van der Waals surface area (Å²) in [6, 6.07) is 12.5. The minimum absolute atomic E-state index is 0.0285. The number of hydrogen-bond donors (Lipinski definition) is 3. The van der Waals surface area contributed by atoms with Crippen LogP contribution in [0.1, 0.15) is 97.1 Å². The van der Waals surface area contributed by atoms with Crippen molar-refractivity contribution in [2.45, 2.75) is 98.5 Å². The van der Waals surface area contributed by atoms with Gasteiger partial charge in [0.1, 0.15) is 29.0 Å². The summed E-state index contributed by atoms with van der Waals surface area (Å²) in [5, 5.41) is 27.2. The van der Waals surface area contributed by atoms with Crippen LogP contribution in [-0.4, -0.2) is 145 Å². The van der Waals surface area contributed by atoms with E-state index in [2.05, 4.69) is 56.2 Å². The zero-order valence-corrected chi connectivity index (χ0v) is 45.6. The zero-order chi connectivity index (χ0) is 53.2. The summed E-state index contributed by atoms with van der Waals surface area (Å²) < 4.78 is 7.87. The van der Waals surface area contributed by atoms with E-state index in [0.717, 1.165) is 54.0 Å². The Morgan fingerprint density at radius 3 is 2.28 bits per heavy atom. The zero-order valence-electron chi connectivity index (χ0n) is 43.2. The Kier molecular flexibility index (Phi) is 16.3. The second kappa shape index (κ2) is 22.5. The van der Waals surface area contributed by atoms with Gasteiger partial charge in [0, 0.05) is 67.2 Å². The maximum Gasteiger partial charge on any atom is 0.258 e. The number of nitrogens with one attached hydrogen (secondary N) is 2. The number of aliphatic hydroxyl groups excluding tert-OH is 1. The number of aryl methyl sites for hydroxylation is 3. The summed E-state index contributed by atoms with van der Waals surface area (Å²) in [5.41, 5.74) is 7.64. The molecule has 390 valence electrons. The molecule has 0 unspecified atom stereocenters. The van der Waals surface area contributed by atoms with Gasteiger partial charge in [-0.3, -0.25) is 33.7 Å². The molecule has 18 nitrogen and oxygen atoms in total. The Morgan fingerprint density at radius 1 is 0.973 bits per heavy atom. The fraction of sp³-hybridized carbons (Fsp3) is 0.434. The number of piperazine rings is 1. The number of carbonyl (C=O) groups excluding carboxylic acids is 4. The van der Waals surface area contributed by atoms with Crippen LogP contribution in [0, 0.1) is 33.1 Å². The standard InChI is InChI=1S/C53H63ClN12O6S2/c1-11-42(72-27-41(68)59-47(53(7,8)9)50(71)65-26-38(67)24-40(65)49(70)57-30(3)34-12-14-36(15-13-34)46-31(4)56-28-73-46)60-52(55-10)64-22-20-63(21-23-64)43(69)25-39-48-62-61-33(6)66(48)51-44(29(2)32(5)74-51)45(58-39)35-16-18-37(54)19-17-35/h11-19,28,30,38-40,47,67H,1,20-27H2,2-10H3,(H,57,70)(H,59,68)/b55-52+,60-42+/t30-,38+,39-,40-,47+/m0/s1. The number of fused-ring (bicyclic) bond motifs is 3. The van der Waals surface area contributed by atoms with Crippen LogP contribution in [0.4, 0.5) is 0 Å². The highest BCUT2D eigenvalue weighted by Crippen LogP contribution is 2.40. The number of thiazole rings is 1. The van der Waals surface area contributed by atoms with Crippen LogP contribution in [-0.2, 0) is 23.9 Å². The van der Waals surface area contributed by atoms with Gasteiger partial charge in [0.25, 0.3) is 5.91 Å². The van der Waals surface area contributed by atoms with E-state index in [1.54, 1.807) is 34.6 Å². The molecule has 0 saturated carbocycles. The molecule has 0 bridgehead atoms. The smallest absolute Gasteiger partial charge is 0.258 e. The Hall–Kier alpha value is -6.61. The van der Waals surface area contributed by atoms with Crippen molar-refractivity contribution in [3.05, 3.63) is 116 Å². The van der Waals surface area contributed by atoms with Crippen LogP contribution in [0.3, 0.4) is 0 Å². The quantitative estimate of drug-likeness (QED) is 0.0887. The molecule has 0 spiro atoms. The van der Waals surface area contributed by atoms with Crippen molar-refractivity contribution in [2.75, 3.05) is 46.4 Å². The van der Waals surface area contributed by atoms with Gasteiger partial charge in [-0.2, -0.15) is 4.99 Å². The van der Waals surface area contributed by atoms with Crippen molar-refractivity contribution in [3.8, 4) is 15.4 Å². The number of benzene rings is 2. The van der Waals surface area contributed by atoms with Gasteiger partial charge in [-0.15, -0.1) is 32.9 Å². The van der Waals surface area contributed by atoms with E-state index in [1.807, 2.05) is 105 Å². The highest BCUT2D eigenvalue weighted by atomic mass is 35.5. The minimum Gasteiger partial charge on any atom is -0.467 e. The summed E-state index contributed by atoms with van der Waals surface area (Å²) in [4.78, 5) is 81.8. The van der Waals surface area contributed by atoms with E-state index in [9.17, 15) is 24.3 Å². The van der Waals surface area contributed by atoms with Gasteiger partial charge in [0.05, 0.1) is 40.4 Å². The van der Waals surface area contributed by atoms with E-state index >= 15 is 0 Å². The molecule has 0 radical (unpaired) electrons. The maximum atomic E-state index is 14.3. The Balaban J connectivity index is 0.871. The third-order valence-electron chi connectivity index (χ3n) is 13.6. The number of β-amino-alcohol motifs (C(OH)–C–C–N with tert-alkyl or cyclic N) is 1. The molecule has 3 aliphatic rings. The number of amides is 4. The normalized spacial score (nSPS) is 19.0. The molecule has 8 rings (SSSR count). The van der Waals surface area contributed by atoms with Crippen molar-refractivity contribution in [2.24, 2.45) is 20.4 Å². The van der Waals surface area contributed by atoms with Gasteiger partial charge in [-0.25, -0.2) is 4.98 Å². The molecular formula is C53H63ClN12O6S2. The summed E-state index contributed by atoms with van der Waals surface area (Å²) in [7, 11) is 1.59. The summed E-state index contributed by atoms with van der Waals surface area (Å²) >= 11 is 9.51. The molecule has 2 saturated heterocycles. The molecule has 3 aromatic heterocycles. The highest BCUT2D eigenvalue weighted by Gasteiger charge is 2.45. The lowest BCUT2D eigenvalue weighted by Gasteiger charge is -2.35. The van der Waals surface area contributed by atoms with Crippen molar-refractivity contribution in [1.29, 1.82) is 0 Å². The first-order valence-electron chi connectivity index (χ1n) is 24.5. The predicted molar refractivity (Wildman–Crippen MR) is 289 cm³/mol. The number of carbonyl (C=O) groups is 4. The van der Waals surface area contributed by atoms with Crippen molar-refractivity contribution in [1.82, 2.24) is 45.1 Å². The first-order valence-corrected chi connectivity index (χ1v) is 26.6. The van der Waals surface area contributed by atoms with Crippen LogP contribution < -0.4 is 10.6 Å². The third-order valence-corrected chi connectivity index (χ3v) is 16.1. The number of likely N-dealkylation sites (tertiary alicyclic amines) is 1. The van der Waals surface area contributed by atoms with E-state index in [-0.39, 0.29) is 37.2 Å². The molecule has 2 fully saturated rings. The van der Waals surface area contributed by atoms with E-state index in [0.29, 0.717) is 48.8 Å². The Morgan fingerprint density at radius 2 is 1.65 bits per heavy atom. The summed E-state index contributed by atoms with van der Waals surface area (Å²) in [6.07, 6.45) is 0.569. The lowest BCUT2D eigenvalue weighted by molar-refractivity contribution is -0.144. The number of aromatic nitrogens is 4. The van der Waals surface area contributed by atoms with Crippen LogP contribution in [0.2, 0.25) is 5.02 Å². The van der Waals surface area contributed by atoms with Gasteiger partial charge in [0.15, 0.2) is 12.4 Å². The molecule has 5 atom stereocenters. The third kappa shape index (κ3) is 11.5. The van der Waals surface area contributed by atoms with Gasteiger partial charge >= 0.3 is 0 Å². The number of rotatable bonds is 12. The summed E-state index contributed by atoms with van der Waals surface area (Å²) in [5.74, 6) is 0.0796. The molecule has 4 amide bonds. The first kappa shape index (κ1) is 53.7. The molecule has 5 aromatic rings. The van der Waals surface area contributed by atoms with Crippen LogP contribution in [0.5, 0.6) is 0 Å². The van der Waals surface area contributed by atoms with E-state index in [1.165, 1.54) is 11.0 Å². The molecule has 3 N–H and O–H groups in total. The second-order valence-electron chi connectivity index (χ2n) is 19.8.